The Hall–Kier alpha value is -2.31. The summed E-state index contributed by atoms with van der Waals surface area (Å²) in [5.41, 5.74) is 4.04. The molecule has 3 rings (SSSR count). The van der Waals surface area contributed by atoms with Crippen molar-refractivity contribution in [2.75, 3.05) is 36.9 Å². The number of para-hydroxylation sites is 1. The lowest BCUT2D eigenvalue weighted by molar-refractivity contribution is -0.862. The molecule has 6 heteroatoms. The number of quaternary nitrogens is 1. The normalized spacial score (nSPS) is 17.2. The molecule has 2 aromatic rings. The maximum absolute atomic E-state index is 13.0. The topological polar surface area (TPSA) is 53.9 Å². The molecule has 29 heavy (non-hydrogen) atoms. The first-order valence-corrected chi connectivity index (χ1v) is 11.0. The third kappa shape index (κ3) is 5.40. The van der Waals surface area contributed by atoms with E-state index in [1.54, 1.807) is 0 Å². The molecule has 1 aliphatic rings. The highest BCUT2D eigenvalue weighted by Gasteiger charge is 2.26. The van der Waals surface area contributed by atoms with E-state index in [1.165, 1.54) is 0 Å². The Kier molecular flexibility index (Phi) is 6.98. The van der Waals surface area contributed by atoms with E-state index in [0.29, 0.717) is 11.8 Å². The molecule has 2 atom stereocenters. The van der Waals surface area contributed by atoms with Gasteiger partial charge in [0.15, 0.2) is 13.1 Å². The minimum Gasteiger partial charge on any atom is -0.322 e. The van der Waals surface area contributed by atoms with Crippen LogP contribution in [0.3, 0.4) is 0 Å². The van der Waals surface area contributed by atoms with Gasteiger partial charge in [-0.05, 0) is 49.6 Å². The highest BCUT2D eigenvalue weighted by Crippen LogP contribution is 2.37. The molecule has 5 nitrogen and oxygen atoms in total. The maximum Gasteiger partial charge on any atom is 0.282 e. The van der Waals surface area contributed by atoms with Crippen LogP contribution in [0.5, 0.6) is 0 Å². The zero-order chi connectivity index (χ0) is 21.0. The van der Waals surface area contributed by atoms with Crippen LogP contribution in [0.25, 0.3) is 0 Å². The van der Waals surface area contributed by atoms with Gasteiger partial charge in [0.1, 0.15) is 0 Å². The number of fused-ring (bicyclic) bond motifs is 1. The van der Waals surface area contributed by atoms with E-state index in [1.807, 2.05) is 74.0 Å². The molecule has 0 aliphatic carbocycles. The lowest BCUT2D eigenvalue weighted by Gasteiger charge is -2.24. The lowest BCUT2D eigenvalue weighted by Crippen LogP contribution is -3.11. The number of nitrogens with zero attached hydrogens (tertiary/aromatic N) is 1. The molecule has 1 aliphatic heterocycles. The Labute approximate surface area is 177 Å². The van der Waals surface area contributed by atoms with Crippen molar-refractivity contribution in [1.29, 1.82) is 0 Å². The maximum atomic E-state index is 13.0. The van der Waals surface area contributed by atoms with Crippen LogP contribution in [0.15, 0.2) is 47.4 Å². The second-order valence-corrected chi connectivity index (χ2v) is 9.32. The van der Waals surface area contributed by atoms with Crippen molar-refractivity contribution in [2.24, 2.45) is 0 Å². The molecule has 2 aromatic carbocycles. The average molecular weight is 413 g/mol. The Morgan fingerprint density at radius 2 is 1.90 bits per heavy atom. The van der Waals surface area contributed by atoms with E-state index >= 15 is 0 Å². The smallest absolute Gasteiger partial charge is 0.282 e. The summed E-state index contributed by atoms with van der Waals surface area (Å²) in [5.74, 6) is -0.0198. The Morgan fingerprint density at radius 1 is 1.14 bits per heavy atom. The van der Waals surface area contributed by atoms with E-state index in [-0.39, 0.29) is 24.9 Å². The molecule has 1 unspecified atom stereocenters. The van der Waals surface area contributed by atoms with Gasteiger partial charge in [-0.1, -0.05) is 31.2 Å². The van der Waals surface area contributed by atoms with Crippen LogP contribution in [-0.2, 0) is 9.59 Å². The summed E-state index contributed by atoms with van der Waals surface area (Å²) in [7, 11) is 1.89. The van der Waals surface area contributed by atoms with Crippen LogP contribution in [0.1, 0.15) is 24.5 Å². The van der Waals surface area contributed by atoms with E-state index in [9.17, 15) is 9.59 Å². The van der Waals surface area contributed by atoms with E-state index in [2.05, 4.69) is 18.3 Å². The average Bonchev–Trinajstić information content (AvgIpc) is 2.83. The van der Waals surface area contributed by atoms with Gasteiger partial charge in [-0.2, -0.15) is 0 Å². The molecule has 0 aromatic heterocycles. The number of aryl methyl sites for hydroxylation is 1. The summed E-state index contributed by atoms with van der Waals surface area (Å²) in [5, 5.41) is 3.45. The summed E-state index contributed by atoms with van der Waals surface area (Å²) in [4.78, 5) is 29.4. The largest absolute Gasteiger partial charge is 0.322 e. The minimum atomic E-state index is -0.0792. The molecule has 0 radical (unpaired) electrons. The number of carbonyl (C=O) groups excluding carboxylic acids is 2. The third-order valence-corrected chi connectivity index (χ3v) is 6.58. The van der Waals surface area contributed by atoms with E-state index in [4.69, 9.17) is 0 Å². The Balaban J connectivity index is 1.62. The van der Waals surface area contributed by atoms with E-state index < -0.39 is 0 Å². The van der Waals surface area contributed by atoms with Gasteiger partial charge >= 0.3 is 0 Å². The van der Waals surface area contributed by atoms with Gasteiger partial charge in [0, 0.05) is 22.4 Å². The van der Waals surface area contributed by atoms with Crippen LogP contribution >= 0.6 is 11.8 Å². The highest BCUT2D eigenvalue weighted by atomic mass is 32.2. The Morgan fingerprint density at radius 3 is 2.69 bits per heavy atom. The number of amides is 2. The second-order valence-electron chi connectivity index (χ2n) is 7.84. The van der Waals surface area contributed by atoms with Gasteiger partial charge in [0.2, 0.25) is 0 Å². The molecule has 0 spiro atoms. The van der Waals surface area contributed by atoms with Crippen LogP contribution < -0.4 is 15.1 Å². The molecular weight excluding hydrogens is 382 g/mol. The summed E-state index contributed by atoms with van der Waals surface area (Å²) >= 11 is 1.82. The number of hydrogen-bond acceptors (Lipinski definition) is 3. The van der Waals surface area contributed by atoms with E-state index in [0.717, 1.165) is 38.7 Å². The summed E-state index contributed by atoms with van der Waals surface area (Å²) in [6.45, 7) is 7.48. The van der Waals surface area contributed by atoms with Crippen LogP contribution in [0.4, 0.5) is 11.4 Å². The highest BCUT2D eigenvalue weighted by molar-refractivity contribution is 8.00. The SMILES string of the molecule is Cc1cccc(NC(=O)C[NH+](C)CC(=O)N2CC[C@@H](C)Sc3ccccc32)c1C. The Bertz CT molecular complexity index is 899. The zero-order valence-electron chi connectivity index (χ0n) is 17.6. The molecule has 2 N–H and O–H groups in total. The number of nitrogens with one attached hydrogen (secondary N) is 2. The van der Waals surface area contributed by atoms with Crippen molar-refractivity contribution in [3.05, 3.63) is 53.6 Å². The summed E-state index contributed by atoms with van der Waals surface area (Å²) < 4.78 is 0. The van der Waals surface area contributed by atoms with Gasteiger partial charge in [0.05, 0.1) is 12.7 Å². The summed E-state index contributed by atoms with van der Waals surface area (Å²) in [6.07, 6.45) is 0.956. The zero-order valence-corrected chi connectivity index (χ0v) is 18.4. The third-order valence-electron chi connectivity index (χ3n) is 5.34. The molecule has 0 saturated heterocycles. The quantitative estimate of drug-likeness (QED) is 0.794. The first-order chi connectivity index (χ1) is 13.8. The monoisotopic (exact) mass is 412 g/mol. The van der Waals surface area contributed by atoms with Crippen molar-refractivity contribution >= 4 is 35.0 Å². The number of rotatable bonds is 5. The fourth-order valence-electron chi connectivity index (χ4n) is 3.52. The molecule has 154 valence electrons. The summed E-state index contributed by atoms with van der Waals surface area (Å²) in [6, 6.07) is 14.0. The fourth-order valence-corrected chi connectivity index (χ4v) is 4.63. The standard InChI is InChI=1S/C23H29N3O2S/c1-16-8-7-9-19(18(16)3)24-22(27)14-25(4)15-23(28)26-13-12-17(2)29-21-11-6-5-10-20(21)26/h5-11,17H,12-15H2,1-4H3,(H,24,27)/p+1/t17-/m1/s1. The van der Waals surface area contributed by atoms with Crippen molar-refractivity contribution in [1.82, 2.24) is 0 Å². The van der Waals surface area contributed by atoms with Crippen LogP contribution in [0, 0.1) is 13.8 Å². The first-order valence-electron chi connectivity index (χ1n) is 10.1. The molecule has 1 heterocycles. The van der Waals surface area contributed by atoms with Crippen LogP contribution in [0.2, 0.25) is 0 Å². The molecule has 0 bridgehead atoms. The number of benzene rings is 2. The van der Waals surface area contributed by atoms with Gasteiger partial charge in [-0.3, -0.25) is 9.59 Å². The number of anilines is 2. The fraction of sp³-hybridized carbons (Fsp3) is 0.391. The number of hydrogen-bond donors (Lipinski definition) is 2. The van der Waals surface area contributed by atoms with Crippen molar-refractivity contribution in [3.63, 3.8) is 0 Å². The molecule has 0 saturated carbocycles. The molecule has 2 amide bonds. The van der Waals surface area contributed by atoms with Gasteiger partial charge < -0.3 is 15.1 Å². The number of likely N-dealkylation sites (N-methyl/N-ethyl adjacent to an activating group) is 1. The number of thioether (sulfide) groups is 1. The predicted molar refractivity (Wildman–Crippen MR) is 120 cm³/mol. The van der Waals surface area contributed by atoms with Crippen molar-refractivity contribution < 1.29 is 14.5 Å². The van der Waals surface area contributed by atoms with Crippen LogP contribution in [-0.4, -0.2) is 43.7 Å². The second kappa shape index (κ2) is 9.46. The first kappa shape index (κ1) is 21.4. The van der Waals surface area contributed by atoms with Crippen molar-refractivity contribution in [2.45, 2.75) is 37.3 Å². The van der Waals surface area contributed by atoms with Gasteiger partial charge in [0.25, 0.3) is 11.8 Å². The van der Waals surface area contributed by atoms with Crippen molar-refractivity contribution in [3.8, 4) is 0 Å². The van der Waals surface area contributed by atoms with Gasteiger partial charge in [-0.15, -0.1) is 11.8 Å². The van der Waals surface area contributed by atoms with Gasteiger partial charge in [-0.25, -0.2) is 0 Å². The molecular formula is C23H30N3O2S+. The number of carbonyl (C=O) groups is 2. The molecule has 0 fully saturated rings. The lowest BCUT2D eigenvalue weighted by atomic mass is 10.1. The predicted octanol–water partition coefficient (Wildman–Crippen LogP) is 2.67. The minimum absolute atomic E-state index is 0.0594.